The number of carbonyl (C=O) groups is 1. The summed E-state index contributed by atoms with van der Waals surface area (Å²) in [6, 6.07) is 0. The van der Waals surface area contributed by atoms with Crippen molar-refractivity contribution in [1.29, 1.82) is 0 Å². The molecule has 0 spiro atoms. The molecule has 0 radical (unpaired) electrons. The van der Waals surface area contributed by atoms with Crippen LogP contribution in [0.1, 0.15) is 18.5 Å². The number of rotatable bonds is 4. The summed E-state index contributed by atoms with van der Waals surface area (Å²) in [6.45, 7) is 2.17. The van der Waals surface area contributed by atoms with Crippen molar-refractivity contribution in [3.63, 3.8) is 0 Å². The van der Waals surface area contributed by atoms with Gasteiger partial charge in [-0.25, -0.2) is 4.98 Å². The summed E-state index contributed by atoms with van der Waals surface area (Å²) in [4.78, 5) is 18.5. The smallest absolute Gasteiger partial charge is 0.230 e. The van der Waals surface area contributed by atoms with Gasteiger partial charge in [0, 0.05) is 32.2 Å². The number of nitrogens with two attached hydrogens (primary N) is 1. The maximum Gasteiger partial charge on any atom is 0.230 e. The Kier molecular flexibility index (Phi) is 4.31. The SMILES string of the molecule is CN(Cc1cscn1)C(=O)C1(CN)CCOCC1. The lowest BCUT2D eigenvalue weighted by Crippen LogP contribution is -2.49. The summed E-state index contributed by atoms with van der Waals surface area (Å²) in [6.07, 6.45) is 1.42. The molecule has 1 aromatic rings. The first-order valence-electron chi connectivity index (χ1n) is 6.08. The fourth-order valence-electron chi connectivity index (χ4n) is 2.30. The highest BCUT2D eigenvalue weighted by atomic mass is 32.1. The maximum atomic E-state index is 12.5. The Morgan fingerprint density at radius 2 is 2.33 bits per heavy atom. The van der Waals surface area contributed by atoms with E-state index in [2.05, 4.69) is 4.98 Å². The molecular formula is C12H19N3O2S. The second-order valence-electron chi connectivity index (χ2n) is 4.74. The lowest BCUT2D eigenvalue weighted by atomic mass is 9.79. The van der Waals surface area contributed by atoms with Crippen LogP contribution in [0.25, 0.3) is 0 Å². The third-order valence-electron chi connectivity index (χ3n) is 3.52. The number of hydrogen-bond acceptors (Lipinski definition) is 5. The maximum absolute atomic E-state index is 12.5. The van der Waals surface area contributed by atoms with Crippen LogP contribution in [0, 0.1) is 5.41 Å². The van der Waals surface area contributed by atoms with Crippen LogP contribution in [0.5, 0.6) is 0 Å². The zero-order chi connectivity index (χ0) is 13.0. The molecule has 1 saturated heterocycles. The van der Waals surface area contributed by atoms with Crippen molar-refractivity contribution in [3.05, 3.63) is 16.6 Å². The minimum absolute atomic E-state index is 0.112. The Balaban J connectivity index is 2.04. The van der Waals surface area contributed by atoms with Crippen molar-refractivity contribution in [2.24, 2.45) is 11.1 Å². The van der Waals surface area contributed by atoms with E-state index in [9.17, 15) is 4.79 Å². The first-order valence-corrected chi connectivity index (χ1v) is 7.03. The van der Waals surface area contributed by atoms with Gasteiger partial charge in [0.05, 0.1) is 23.2 Å². The fraction of sp³-hybridized carbons (Fsp3) is 0.667. The van der Waals surface area contributed by atoms with Gasteiger partial charge in [-0.3, -0.25) is 4.79 Å². The molecule has 1 aliphatic heterocycles. The lowest BCUT2D eigenvalue weighted by molar-refractivity contribution is -0.146. The number of hydrogen-bond donors (Lipinski definition) is 1. The quantitative estimate of drug-likeness (QED) is 0.880. The van der Waals surface area contributed by atoms with Crippen LogP contribution in [-0.2, 0) is 16.1 Å². The Morgan fingerprint density at radius 1 is 1.61 bits per heavy atom. The average molecular weight is 269 g/mol. The molecule has 18 heavy (non-hydrogen) atoms. The first kappa shape index (κ1) is 13.5. The Morgan fingerprint density at radius 3 is 2.89 bits per heavy atom. The molecule has 1 fully saturated rings. The van der Waals surface area contributed by atoms with Gasteiger partial charge in [-0.05, 0) is 12.8 Å². The molecule has 5 nitrogen and oxygen atoms in total. The molecule has 1 amide bonds. The largest absolute Gasteiger partial charge is 0.381 e. The molecule has 6 heteroatoms. The summed E-state index contributed by atoms with van der Waals surface area (Å²) in [5, 5.41) is 1.96. The van der Waals surface area contributed by atoms with E-state index in [1.807, 2.05) is 12.4 Å². The predicted molar refractivity (Wildman–Crippen MR) is 70.1 cm³/mol. The molecule has 2 heterocycles. The molecule has 0 atom stereocenters. The minimum Gasteiger partial charge on any atom is -0.381 e. The van der Waals surface area contributed by atoms with Gasteiger partial charge in [0.25, 0.3) is 0 Å². The summed E-state index contributed by atoms with van der Waals surface area (Å²) >= 11 is 1.54. The van der Waals surface area contributed by atoms with Crippen LogP contribution >= 0.6 is 11.3 Å². The summed E-state index contributed by atoms with van der Waals surface area (Å²) in [7, 11) is 1.81. The predicted octanol–water partition coefficient (Wildman–Crippen LogP) is 0.857. The van der Waals surface area contributed by atoms with Crippen LogP contribution in [0.4, 0.5) is 0 Å². The number of nitrogens with zero attached hydrogens (tertiary/aromatic N) is 2. The second-order valence-corrected chi connectivity index (χ2v) is 5.46. The summed E-state index contributed by atoms with van der Waals surface area (Å²) in [5.74, 6) is 0.112. The van der Waals surface area contributed by atoms with E-state index >= 15 is 0 Å². The van der Waals surface area contributed by atoms with Crippen LogP contribution in [0.15, 0.2) is 10.9 Å². The van der Waals surface area contributed by atoms with Gasteiger partial charge in [0.1, 0.15) is 0 Å². The standard InChI is InChI=1S/C12H19N3O2S/c1-15(6-10-7-18-9-14-10)11(16)12(8-13)2-4-17-5-3-12/h7,9H,2-6,8,13H2,1H3. The van der Waals surface area contributed by atoms with E-state index in [1.165, 1.54) is 11.3 Å². The van der Waals surface area contributed by atoms with Crippen LogP contribution in [-0.4, -0.2) is 42.6 Å². The van der Waals surface area contributed by atoms with Crippen molar-refractivity contribution in [3.8, 4) is 0 Å². The molecule has 0 aromatic carbocycles. The first-order chi connectivity index (χ1) is 8.68. The van der Waals surface area contributed by atoms with Crippen LogP contribution in [0.3, 0.4) is 0 Å². The minimum atomic E-state index is -0.441. The van der Waals surface area contributed by atoms with Gasteiger partial charge in [-0.2, -0.15) is 0 Å². The molecule has 0 saturated carbocycles. The number of ether oxygens (including phenoxy) is 1. The average Bonchev–Trinajstić information content (AvgIpc) is 2.91. The molecule has 0 bridgehead atoms. The van der Waals surface area contributed by atoms with Crippen molar-refractivity contribution in [2.75, 3.05) is 26.8 Å². The third-order valence-corrected chi connectivity index (χ3v) is 4.16. The van der Waals surface area contributed by atoms with Gasteiger partial charge in [-0.1, -0.05) is 0 Å². The molecule has 100 valence electrons. The van der Waals surface area contributed by atoms with Crippen molar-refractivity contribution < 1.29 is 9.53 Å². The van der Waals surface area contributed by atoms with Gasteiger partial charge in [0.2, 0.25) is 5.91 Å². The number of aromatic nitrogens is 1. The van der Waals surface area contributed by atoms with Crippen molar-refractivity contribution >= 4 is 17.2 Å². The molecular weight excluding hydrogens is 250 g/mol. The Bertz CT molecular complexity index is 388. The monoisotopic (exact) mass is 269 g/mol. The van der Waals surface area contributed by atoms with E-state index in [-0.39, 0.29) is 5.91 Å². The highest BCUT2D eigenvalue weighted by Gasteiger charge is 2.40. The normalized spacial score (nSPS) is 18.6. The topological polar surface area (TPSA) is 68.5 Å². The highest BCUT2D eigenvalue weighted by Crippen LogP contribution is 2.31. The summed E-state index contributed by atoms with van der Waals surface area (Å²) < 4.78 is 5.33. The van der Waals surface area contributed by atoms with E-state index in [4.69, 9.17) is 10.5 Å². The molecule has 1 aromatic heterocycles. The Hall–Kier alpha value is -0.980. The van der Waals surface area contributed by atoms with Crippen molar-refractivity contribution in [2.45, 2.75) is 19.4 Å². The van der Waals surface area contributed by atoms with E-state index in [1.54, 1.807) is 10.4 Å². The molecule has 2 N–H and O–H groups in total. The molecule has 0 aliphatic carbocycles. The van der Waals surface area contributed by atoms with Gasteiger partial charge in [0.15, 0.2) is 0 Å². The van der Waals surface area contributed by atoms with Gasteiger partial charge < -0.3 is 15.4 Å². The second kappa shape index (κ2) is 5.77. The lowest BCUT2D eigenvalue weighted by Gasteiger charge is -2.37. The van der Waals surface area contributed by atoms with Gasteiger partial charge >= 0.3 is 0 Å². The number of thiazole rings is 1. The highest BCUT2D eigenvalue weighted by molar-refractivity contribution is 7.07. The molecule has 1 aliphatic rings. The molecule has 2 rings (SSSR count). The Labute approximate surface area is 111 Å². The number of amides is 1. The third kappa shape index (κ3) is 2.71. The zero-order valence-electron chi connectivity index (χ0n) is 10.6. The zero-order valence-corrected chi connectivity index (χ0v) is 11.4. The van der Waals surface area contributed by atoms with E-state index in [0.29, 0.717) is 39.1 Å². The fourth-order valence-corrected chi connectivity index (χ4v) is 2.85. The molecule has 0 unspecified atom stereocenters. The van der Waals surface area contributed by atoms with Crippen molar-refractivity contribution in [1.82, 2.24) is 9.88 Å². The van der Waals surface area contributed by atoms with Crippen LogP contribution < -0.4 is 5.73 Å². The van der Waals surface area contributed by atoms with E-state index in [0.717, 1.165) is 5.69 Å². The van der Waals surface area contributed by atoms with E-state index < -0.39 is 5.41 Å². The summed E-state index contributed by atoms with van der Waals surface area (Å²) in [5.41, 5.74) is 8.10. The van der Waals surface area contributed by atoms with Gasteiger partial charge in [-0.15, -0.1) is 11.3 Å². The number of carbonyl (C=O) groups excluding carboxylic acids is 1. The van der Waals surface area contributed by atoms with Crippen LogP contribution in [0.2, 0.25) is 0 Å².